The Balaban J connectivity index is 4.13. The minimum absolute atomic E-state index is 0.0954. The molecule has 0 unspecified atom stereocenters. The third-order valence-corrected chi connectivity index (χ3v) is 3.60. The van der Waals surface area contributed by atoms with Gasteiger partial charge in [0.1, 0.15) is 0 Å². The van der Waals surface area contributed by atoms with E-state index in [4.69, 9.17) is 0 Å². The topological polar surface area (TPSA) is 87.3 Å². The summed E-state index contributed by atoms with van der Waals surface area (Å²) in [5.41, 5.74) is -0.854. The van der Waals surface area contributed by atoms with Crippen molar-refractivity contribution in [3.05, 3.63) is 0 Å². The average molecular weight is 293 g/mol. The van der Waals surface area contributed by atoms with Gasteiger partial charge in [-0.1, -0.05) is 6.92 Å². The standard InChI is InChI=1S/C12H27N3O3S/c1-7-11(2,3)14-10(16)8-13-9-12(4,5)15-19(6,17)18/h13,15H,7-9H2,1-6H3,(H,14,16). The molecular weight excluding hydrogens is 266 g/mol. The number of hydrogen-bond acceptors (Lipinski definition) is 4. The summed E-state index contributed by atoms with van der Waals surface area (Å²) in [4.78, 5) is 11.7. The molecule has 0 saturated heterocycles. The minimum atomic E-state index is -3.26. The normalized spacial score (nSPS) is 13.4. The Kier molecular flexibility index (Phi) is 6.44. The number of carbonyl (C=O) groups is 1. The highest BCUT2D eigenvalue weighted by Gasteiger charge is 2.22. The number of nitrogens with one attached hydrogen (secondary N) is 3. The van der Waals surface area contributed by atoms with Gasteiger partial charge in [-0.05, 0) is 34.1 Å². The molecule has 0 bridgehead atoms. The second kappa shape index (κ2) is 6.67. The maximum atomic E-state index is 11.7. The third kappa shape index (κ3) is 9.86. The second-order valence-corrected chi connectivity index (χ2v) is 7.90. The van der Waals surface area contributed by atoms with Gasteiger partial charge in [-0.2, -0.15) is 0 Å². The van der Waals surface area contributed by atoms with Crippen LogP contribution >= 0.6 is 0 Å². The van der Waals surface area contributed by atoms with Crippen molar-refractivity contribution >= 4 is 15.9 Å². The number of sulfonamides is 1. The highest BCUT2D eigenvalue weighted by atomic mass is 32.2. The quantitative estimate of drug-likeness (QED) is 0.597. The van der Waals surface area contributed by atoms with E-state index < -0.39 is 15.6 Å². The van der Waals surface area contributed by atoms with Gasteiger partial charge in [0, 0.05) is 17.6 Å². The fourth-order valence-electron chi connectivity index (χ4n) is 1.54. The first kappa shape index (κ1) is 18.3. The van der Waals surface area contributed by atoms with E-state index in [0.29, 0.717) is 6.54 Å². The van der Waals surface area contributed by atoms with Crippen molar-refractivity contribution in [1.29, 1.82) is 0 Å². The lowest BCUT2D eigenvalue weighted by atomic mass is 10.0. The van der Waals surface area contributed by atoms with Crippen LogP contribution in [0.25, 0.3) is 0 Å². The molecule has 0 fully saturated rings. The highest BCUT2D eigenvalue weighted by molar-refractivity contribution is 7.88. The zero-order valence-corrected chi connectivity index (χ0v) is 13.6. The van der Waals surface area contributed by atoms with E-state index in [1.165, 1.54) is 0 Å². The van der Waals surface area contributed by atoms with Crippen LogP contribution < -0.4 is 15.4 Å². The van der Waals surface area contributed by atoms with E-state index >= 15 is 0 Å². The van der Waals surface area contributed by atoms with Crippen LogP contribution in [-0.2, 0) is 14.8 Å². The van der Waals surface area contributed by atoms with Gasteiger partial charge in [0.2, 0.25) is 15.9 Å². The molecule has 3 N–H and O–H groups in total. The molecule has 0 spiro atoms. The zero-order valence-electron chi connectivity index (χ0n) is 12.8. The molecule has 0 aliphatic carbocycles. The summed E-state index contributed by atoms with van der Waals surface area (Å²) < 4.78 is 24.8. The van der Waals surface area contributed by atoms with Crippen LogP contribution in [0.5, 0.6) is 0 Å². The first-order valence-electron chi connectivity index (χ1n) is 6.37. The first-order valence-corrected chi connectivity index (χ1v) is 8.27. The molecule has 0 aromatic heterocycles. The lowest BCUT2D eigenvalue weighted by Crippen LogP contribution is -2.52. The molecule has 114 valence electrons. The van der Waals surface area contributed by atoms with Gasteiger partial charge in [-0.15, -0.1) is 0 Å². The van der Waals surface area contributed by atoms with E-state index in [1.54, 1.807) is 13.8 Å². The summed E-state index contributed by atoms with van der Waals surface area (Å²) in [5.74, 6) is -0.0954. The maximum absolute atomic E-state index is 11.7. The lowest BCUT2D eigenvalue weighted by Gasteiger charge is -2.27. The van der Waals surface area contributed by atoms with Gasteiger partial charge in [0.25, 0.3) is 0 Å². The van der Waals surface area contributed by atoms with Gasteiger partial charge in [0.05, 0.1) is 12.8 Å². The van der Waals surface area contributed by atoms with Crippen LogP contribution in [0.4, 0.5) is 0 Å². The second-order valence-electron chi connectivity index (χ2n) is 6.15. The molecular formula is C12H27N3O3S. The lowest BCUT2D eigenvalue weighted by molar-refractivity contribution is -0.121. The monoisotopic (exact) mass is 293 g/mol. The van der Waals surface area contributed by atoms with Crippen LogP contribution in [0.1, 0.15) is 41.0 Å². The van der Waals surface area contributed by atoms with Crippen LogP contribution in [0.2, 0.25) is 0 Å². The van der Waals surface area contributed by atoms with E-state index in [0.717, 1.165) is 12.7 Å². The first-order chi connectivity index (χ1) is 8.37. The van der Waals surface area contributed by atoms with Gasteiger partial charge in [0.15, 0.2) is 0 Å². The predicted molar refractivity (Wildman–Crippen MR) is 77.4 cm³/mol. The number of hydrogen-bond donors (Lipinski definition) is 3. The number of amides is 1. The SMILES string of the molecule is CCC(C)(C)NC(=O)CNCC(C)(C)NS(C)(=O)=O. The van der Waals surface area contributed by atoms with Crippen LogP contribution in [0.15, 0.2) is 0 Å². The Bertz CT molecular complexity index is 402. The van der Waals surface area contributed by atoms with Gasteiger partial charge >= 0.3 is 0 Å². The molecule has 0 rings (SSSR count). The van der Waals surface area contributed by atoms with Crippen molar-refractivity contribution in [3.8, 4) is 0 Å². The van der Waals surface area contributed by atoms with Gasteiger partial charge in [-0.3, -0.25) is 4.79 Å². The fourth-order valence-corrected chi connectivity index (χ4v) is 2.61. The molecule has 7 heteroatoms. The third-order valence-electron chi connectivity index (χ3n) is 2.68. The Morgan fingerprint density at radius 3 is 2.05 bits per heavy atom. The molecule has 6 nitrogen and oxygen atoms in total. The largest absolute Gasteiger partial charge is 0.350 e. The fraction of sp³-hybridized carbons (Fsp3) is 0.917. The number of rotatable bonds is 8. The Morgan fingerprint density at radius 1 is 1.11 bits per heavy atom. The summed E-state index contributed by atoms with van der Waals surface area (Å²) in [6, 6.07) is 0. The van der Waals surface area contributed by atoms with E-state index in [1.807, 2.05) is 20.8 Å². The molecule has 19 heavy (non-hydrogen) atoms. The van der Waals surface area contributed by atoms with Crippen LogP contribution in [0, 0.1) is 0 Å². The summed E-state index contributed by atoms with van der Waals surface area (Å²) in [7, 11) is -3.26. The van der Waals surface area contributed by atoms with Crippen LogP contribution in [-0.4, -0.2) is 44.7 Å². The van der Waals surface area contributed by atoms with Gasteiger partial charge < -0.3 is 10.6 Å². The molecule has 0 aliphatic rings. The van der Waals surface area contributed by atoms with Crippen molar-refractivity contribution in [2.45, 2.75) is 52.1 Å². The van der Waals surface area contributed by atoms with Crippen molar-refractivity contribution in [2.75, 3.05) is 19.3 Å². The molecule has 0 aromatic rings. The smallest absolute Gasteiger partial charge is 0.234 e. The minimum Gasteiger partial charge on any atom is -0.350 e. The molecule has 0 atom stereocenters. The van der Waals surface area contributed by atoms with E-state index in [2.05, 4.69) is 15.4 Å². The summed E-state index contributed by atoms with van der Waals surface area (Å²) >= 11 is 0. The molecule has 1 amide bonds. The Hall–Kier alpha value is -0.660. The molecule has 0 aromatic carbocycles. The highest BCUT2D eigenvalue weighted by Crippen LogP contribution is 2.06. The molecule has 0 heterocycles. The molecule has 0 saturated carbocycles. The zero-order chi connectivity index (χ0) is 15.3. The van der Waals surface area contributed by atoms with Gasteiger partial charge in [-0.25, -0.2) is 13.1 Å². The van der Waals surface area contributed by atoms with Crippen LogP contribution in [0.3, 0.4) is 0 Å². The summed E-state index contributed by atoms with van der Waals surface area (Å²) in [6.45, 7) is 9.98. The van der Waals surface area contributed by atoms with E-state index in [9.17, 15) is 13.2 Å². The summed E-state index contributed by atoms with van der Waals surface area (Å²) in [5, 5.41) is 5.86. The Labute approximate surface area is 116 Å². The van der Waals surface area contributed by atoms with Crippen molar-refractivity contribution in [3.63, 3.8) is 0 Å². The predicted octanol–water partition coefficient (Wildman–Crippen LogP) is 0.209. The van der Waals surface area contributed by atoms with E-state index in [-0.39, 0.29) is 18.0 Å². The van der Waals surface area contributed by atoms with Crippen molar-refractivity contribution in [2.24, 2.45) is 0 Å². The summed E-state index contributed by atoms with van der Waals surface area (Å²) in [6.07, 6.45) is 1.96. The van der Waals surface area contributed by atoms with Crippen molar-refractivity contribution in [1.82, 2.24) is 15.4 Å². The molecule has 0 radical (unpaired) electrons. The average Bonchev–Trinajstić information content (AvgIpc) is 2.12. The Morgan fingerprint density at radius 2 is 1.63 bits per heavy atom. The molecule has 0 aliphatic heterocycles. The van der Waals surface area contributed by atoms with Crippen molar-refractivity contribution < 1.29 is 13.2 Å². The number of carbonyl (C=O) groups excluding carboxylic acids is 1. The maximum Gasteiger partial charge on any atom is 0.234 e.